The fraction of sp³-hybridized carbons (Fsp3) is 0.444. The van der Waals surface area contributed by atoms with Gasteiger partial charge in [-0.3, -0.25) is 4.90 Å². The molecule has 1 atom stereocenters. The predicted molar refractivity (Wildman–Crippen MR) is 95.2 cm³/mol. The van der Waals surface area contributed by atoms with Crippen LogP contribution in [0.1, 0.15) is 30.9 Å². The molecule has 134 valence electrons. The number of esters is 1. The largest absolute Gasteiger partial charge is 0.466 e. The Hall–Kier alpha value is -2.05. The van der Waals surface area contributed by atoms with Crippen molar-refractivity contribution in [3.05, 3.63) is 46.1 Å². The smallest absolute Gasteiger partial charge is 0.338 e. The maximum absolute atomic E-state index is 12.5. The molecule has 3 rings (SSSR count). The molecule has 1 saturated heterocycles. The van der Waals surface area contributed by atoms with Gasteiger partial charge in [0, 0.05) is 17.3 Å². The normalized spacial score (nSPS) is 21.5. The molecule has 25 heavy (non-hydrogen) atoms. The van der Waals surface area contributed by atoms with Crippen LogP contribution in [0.4, 0.5) is 4.79 Å². The minimum atomic E-state index is -0.630. The number of hydrogen-bond donors (Lipinski definition) is 2. The first-order chi connectivity index (χ1) is 12.1. The van der Waals surface area contributed by atoms with Crippen LogP contribution in [0.3, 0.4) is 0 Å². The van der Waals surface area contributed by atoms with Gasteiger partial charge in [0.1, 0.15) is 0 Å². The summed E-state index contributed by atoms with van der Waals surface area (Å²) in [5.41, 5.74) is 1.67. The highest BCUT2D eigenvalue weighted by atomic mass is 35.5. The number of benzene rings is 1. The second kappa shape index (κ2) is 7.89. The van der Waals surface area contributed by atoms with E-state index < -0.39 is 12.0 Å². The Kier molecular flexibility index (Phi) is 5.60. The second-order valence-electron chi connectivity index (χ2n) is 6.27. The zero-order valence-corrected chi connectivity index (χ0v) is 14.9. The van der Waals surface area contributed by atoms with E-state index >= 15 is 0 Å². The number of hydrogen-bond acceptors (Lipinski definition) is 4. The molecule has 2 aliphatic rings. The van der Waals surface area contributed by atoms with E-state index in [1.807, 2.05) is 12.1 Å². The molecule has 0 radical (unpaired) electrons. The highest BCUT2D eigenvalue weighted by molar-refractivity contribution is 6.31. The molecule has 1 aromatic rings. The summed E-state index contributed by atoms with van der Waals surface area (Å²) in [7, 11) is 1.34. The Morgan fingerprint density at radius 2 is 2.00 bits per heavy atom. The quantitative estimate of drug-likeness (QED) is 0.807. The number of urea groups is 1. The highest BCUT2D eigenvalue weighted by Crippen LogP contribution is 2.32. The van der Waals surface area contributed by atoms with Crippen LogP contribution in [0, 0.1) is 0 Å². The molecule has 0 spiro atoms. The maximum atomic E-state index is 12.5. The summed E-state index contributed by atoms with van der Waals surface area (Å²) in [6.45, 7) is 2.43. The average molecular weight is 364 g/mol. The zero-order valence-electron chi connectivity index (χ0n) is 14.2. The SMILES string of the molecule is COC(=O)C1=C(CN2CCCCC2)NC(=O)N[C@@H]1c1ccccc1Cl. The first-order valence-electron chi connectivity index (χ1n) is 8.46. The van der Waals surface area contributed by atoms with Crippen LogP contribution in [0.5, 0.6) is 0 Å². The van der Waals surface area contributed by atoms with Gasteiger partial charge in [-0.25, -0.2) is 9.59 Å². The Morgan fingerprint density at radius 3 is 2.68 bits per heavy atom. The van der Waals surface area contributed by atoms with Crippen LogP contribution >= 0.6 is 11.6 Å². The van der Waals surface area contributed by atoms with Crippen molar-refractivity contribution in [1.82, 2.24) is 15.5 Å². The lowest BCUT2D eigenvalue weighted by Crippen LogP contribution is -2.49. The molecule has 1 fully saturated rings. The minimum absolute atomic E-state index is 0.343. The van der Waals surface area contributed by atoms with E-state index in [0.717, 1.165) is 25.9 Å². The number of carbonyl (C=O) groups is 2. The molecule has 6 nitrogen and oxygen atoms in total. The highest BCUT2D eigenvalue weighted by Gasteiger charge is 2.35. The Labute approximate surface area is 152 Å². The van der Waals surface area contributed by atoms with Gasteiger partial charge in [0.2, 0.25) is 0 Å². The maximum Gasteiger partial charge on any atom is 0.338 e. The summed E-state index contributed by atoms with van der Waals surface area (Å²) >= 11 is 6.30. The van der Waals surface area contributed by atoms with E-state index in [9.17, 15) is 9.59 Å². The van der Waals surface area contributed by atoms with Crippen molar-refractivity contribution in [2.75, 3.05) is 26.7 Å². The van der Waals surface area contributed by atoms with Crippen LogP contribution in [0.25, 0.3) is 0 Å². The van der Waals surface area contributed by atoms with E-state index in [2.05, 4.69) is 15.5 Å². The number of rotatable bonds is 4. The molecule has 2 heterocycles. The molecule has 2 aliphatic heterocycles. The number of nitrogens with zero attached hydrogens (tertiary/aromatic N) is 1. The lowest BCUT2D eigenvalue weighted by atomic mass is 9.94. The van der Waals surface area contributed by atoms with Crippen molar-refractivity contribution in [3.63, 3.8) is 0 Å². The first kappa shape index (κ1) is 17.8. The van der Waals surface area contributed by atoms with Gasteiger partial charge in [0.25, 0.3) is 0 Å². The molecule has 2 amide bonds. The van der Waals surface area contributed by atoms with Gasteiger partial charge in [-0.05, 0) is 37.6 Å². The van der Waals surface area contributed by atoms with Crippen LogP contribution < -0.4 is 10.6 Å². The fourth-order valence-corrected chi connectivity index (χ4v) is 3.62. The molecule has 7 heteroatoms. The third-order valence-electron chi connectivity index (χ3n) is 4.61. The van der Waals surface area contributed by atoms with Crippen LogP contribution in [0.15, 0.2) is 35.5 Å². The van der Waals surface area contributed by atoms with Crippen molar-refractivity contribution < 1.29 is 14.3 Å². The molecular weight excluding hydrogens is 342 g/mol. The van der Waals surface area contributed by atoms with Gasteiger partial charge in [0.15, 0.2) is 0 Å². The number of ether oxygens (including phenoxy) is 1. The summed E-state index contributed by atoms with van der Waals surface area (Å²) in [6.07, 6.45) is 3.47. The zero-order chi connectivity index (χ0) is 17.8. The molecule has 0 aromatic heterocycles. The summed E-state index contributed by atoms with van der Waals surface area (Å²) in [5, 5.41) is 6.08. The summed E-state index contributed by atoms with van der Waals surface area (Å²) in [6, 6.07) is 6.21. The van der Waals surface area contributed by atoms with Gasteiger partial charge in [-0.15, -0.1) is 0 Å². The van der Waals surface area contributed by atoms with E-state index in [0.29, 0.717) is 28.4 Å². The summed E-state index contributed by atoms with van der Waals surface area (Å²) in [5.74, 6) is -0.468. The van der Waals surface area contributed by atoms with E-state index in [4.69, 9.17) is 16.3 Å². The van der Waals surface area contributed by atoms with Crippen molar-refractivity contribution in [2.24, 2.45) is 0 Å². The third-order valence-corrected chi connectivity index (χ3v) is 4.95. The number of carbonyl (C=O) groups excluding carboxylic acids is 2. The number of methoxy groups -OCH3 is 1. The number of halogens is 1. The minimum Gasteiger partial charge on any atom is -0.466 e. The number of likely N-dealkylation sites (tertiary alicyclic amines) is 1. The standard InChI is InChI=1S/C18H22ClN3O3/c1-25-17(23)15-14(11-22-9-5-2-6-10-22)20-18(24)21-16(15)12-7-3-4-8-13(12)19/h3-4,7-8,16H,2,5-6,9-11H2,1H3,(H2,20,21,24)/t16-/m1/s1. The summed E-state index contributed by atoms with van der Waals surface area (Å²) in [4.78, 5) is 26.9. The molecule has 2 N–H and O–H groups in total. The van der Waals surface area contributed by atoms with E-state index in [1.165, 1.54) is 13.5 Å². The van der Waals surface area contributed by atoms with Gasteiger partial charge in [-0.1, -0.05) is 36.2 Å². The molecular formula is C18H22ClN3O3. The Bertz CT molecular complexity index is 699. The van der Waals surface area contributed by atoms with Gasteiger partial charge < -0.3 is 15.4 Å². The van der Waals surface area contributed by atoms with Crippen LogP contribution in [-0.2, 0) is 9.53 Å². The van der Waals surface area contributed by atoms with Crippen molar-refractivity contribution in [1.29, 1.82) is 0 Å². The average Bonchev–Trinajstić information content (AvgIpc) is 2.62. The lowest BCUT2D eigenvalue weighted by molar-refractivity contribution is -0.136. The predicted octanol–water partition coefficient (Wildman–Crippen LogP) is 2.61. The number of amides is 2. The first-order valence-corrected chi connectivity index (χ1v) is 8.83. The topological polar surface area (TPSA) is 70.7 Å². The number of nitrogens with one attached hydrogen (secondary N) is 2. The molecule has 0 saturated carbocycles. The van der Waals surface area contributed by atoms with Crippen molar-refractivity contribution in [3.8, 4) is 0 Å². The fourth-order valence-electron chi connectivity index (χ4n) is 3.38. The van der Waals surface area contributed by atoms with Gasteiger partial charge in [-0.2, -0.15) is 0 Å². The van der Waals surface area contributed by atoms with Crippen molar-refractivity contribution >= 4 is 23.6 Å². The van der Waals surface area contributed by atoms with Crippen molar-refractivity contribution in [2.45, 2.75) is 25.3 Å². The van der Waals surface area contributed by atoms with Gasteiger partial charge >= 0.3 is 12.0 Å². The van der Waals surface area contributed by atoms with Gasteiger partial charge in [0.05, 0.1) is 18.7 Å². The molecule has 0 unspecified atom stereocenters. The summed E-state index contributed by atoms with van der Waals surface area (Å²) < 4.78 is 4.99. The van der Waals surface area contributed by atoms with E-state index in [-0.39, 0.29) is 6.03 Å². The molecule has 0 aliphatic carbocycles. The molecule has 0 bridgehead atoms. The second-order valence-corrected chi connectivity index (χ2v) is 6.68. The lowest BCUT2D eigenvalue weighted by Gasteiger charge is -2.33. The number of piperidine rings is 1. The third kappa shape index (κ3) is 3.96. The Balaban J connectivity index is 2.00. The monoisotopic (exact) mass is 363 g/mol. The van der Waals surface area contributed by atoms with Crippen LogP contribution in [0.2, 0.25) is 5.02 Å². The van der Waals surface area contributed by atoms with E-state index in [1.54, 1.807) is 12.1 Å². The Morgan fingerprint density at radius 1 is 1.28 bits per heavy atom. The molecule has 1 aromatic carbocycles. The van der Waals surface area contributed by atoms with Crippen LogP contribution in [-0.4, -0.2) is 43.6 Å².